The van der Waals surface area contributed by atoms with Gasteiger partial charge in [0.15, 0.2) is 0 Å². The number of benzene rings is 1. The summed E-state index contributed by atoms with van der Waals surface area (Å²) in [4.78, 5) is 28.0. The lowest BCUT2D eigenvalue weighted by atomic mass is 10.1. The first kappa shape index (κ1) is 15.9. The fourth-order valence-corrected chi connectivity index (χ4v) is 2.72. The van der Waals surface area contributed by atoms with E-state index >= 15 is 0 Å². The molecule has 2 fully saturated rings. The molecule has 5 nitrogen and oxygen atoms in total. The highest BCUT2D eigenvalue weighted by atomic mass is 19.1. The quantitative estimate of drug-likeness (QED) is 0.906. The molecule has 6 heteroatoms. The molecule has 1 heterocycles. The smallest absolute Gasteiger partial charge is 0.254 e. The van der Waals surface area contributed by atoms with Crippen molar-refractivity contribution in [3.63, 3.8) is 0 Å². The second-order valence-electron chi connectivity index (χ2n) is 6.37. The topological polar surface area (TPSA) is 52.7 Å². The molecule has 1 N–H and O–H groups in total. The van der Waals surface area contributed by atoms with Gasteiger partial charge in [-0.15, -0.1) is 0 Å². The number of hydrogen-bond donors (Lipinski definition) is 1. The van der Waals surface area contributed by atoms with Gasteiger partial charge >= 0.3 is 0 Å². The van der Waals surface area contributed by atoms with Gasteiger partial charge < -0.3 is 10.2 Å². The lowest BCUT2D eigenvalue weighted by Gasteiger charge is -2.34. The first-order valence-corrected chi connectivity index (χ1v) is 8.10. The lowest BCUT2D eigenvalue weighted by molar-refractivity contribution is -0.122. The van der Waals surface area contributed by atoms with E-state index in [-0.39, 0.29) is 17.6 Å². The molecule has 1 aromatic carbocycles. The zero-order chi connectivity index (χ0) is 16.4. The van der Waals surface area contributed by atoms with Crippen LogP contribution in [0.15, 0.2) is 18.2 Å². The van der Waals surface area contributed by atoms with E-state index in [9.17, 15) is 14.0 Å². The number of carbonyl (C=O) groups excluding carboxylic acids is 2. The van der Waals surface area contributed by atoms with Crippen LogP contribution in [0.2, 0.25) is 0 Å². The van der Waals surface area contributed by atoms with E-state index in [2.05, 4.69) is 10.2 Å². The van der Waals surface area contributed by atoms with Crippen molar-refractivity contribution in [2.24, 2.45) is 0 Å². The fourth-order valence-electron chi connectivity index (χ4n) is 2.72. The Bertz CT molecular complexity index is 608. The Balaban J connectivity index is 1.50. The highest BCUT2D eigenvalue weighted by molar-refractivity contribution is 5.94. The van der Waals surface area contributed by atoms with Crippen LogP contribution in [0.3, 0.4) is 0 Å². The number of nitrogens with one attached hydrogen (secondary N) is 1. The number of aryl methyl sites for hydroxylation is 1. The first-order valence-electron chi connectivity index (χ1n) is 8.10. The van der Waals surface area contributed by atoms with Crippen LogP contribution in [0.25, 0.3) is 0 Å². The average molecular weight is 319 g/mol. The van der Waals surface area contributed by atoms with Crippen molar-refractivity contribution >= 4 is 11.8 Å². The Morgan fingerprint density at radius 2 is 1.91 bits per heavy atom. The van der Waals surface area contributed by atoms with Gasteiger partial charge in [0, 0.05) is 37.8 Å². The third-order valence-electron chi connectivity index (χ3n) is 4.39. The SMILES string of the molecule is Cc1ccc(C(=O)N2CCN(CC(=O)NC3CC3)CC2)cc1F. The molecule has 1 aliphatic carbocycles. The molecule has 0 unspecified atom stereocenters. The van der Waals surface area contributed by atoms with Gasteiger partial charge in [0.2, 0.25) is 5.91 Å². The molecule has 124 valence electrons. The predicted molar refractivity (Wildman–Crippen MR) is 84.6 cm³/mol. The van der Waals surface area contributed by atoms with Crippen molar-refractivity contribution < 1.29 is 14.0 Å². The normalized spacial score (nSPS) is 18.8. The van der Waals surface area contributed by atoms with Gasteiger partial charge in [-0.1, -0.05) is 6.07 Å². The summed E-state index contributed by atoms with van der Waals surface area (Å²) in [5, 5.41) is 2.97. The second-order valence-corrected chi connectivity index (χ2v) is 6.37. The van der Waals surface area contributed by atoms with Crippen molar-refractivity contribution in [1.82, 2.24) is 15.1 Å². The van der Waals surface area contributed by atoms with Crippen LogP contribution in [0, 0.1) is 12.7 Å². The molecule has 0 aromatic heterocycles. The first-order chi connectivity index (χ1) is 11.0. The minimum absolute atomic E-state index is 0.0629. The summed E-state index contributed by atoms with van der Waals surface area (Å²) in [5.41, 5.74) is 0.918. The number of halogens is 1. The Hall–Kier alpha value is -1.95. The number of nitrogens with zero attached hydrogens (tertiary/aromatic N) is 2. The Labute approximate surface area is 135 Å². The minimum Gasteiger partial charge on any atom is -0.352 e. The van der Waals surface area contributed by atoms with E-state index in [1.807, 2.05) is 0 Å². The van der Waals surface area contributed by atoms with Gasteiger partial charge in [-0.05, 0) is 37.5 Å². The average Bonchev–Trinajstić information content (AvgIpc) is 3.34. The monoisotopic (exact) mass is 319 g/mol. The molecule has 1 saturated carbocycles. The van der Waals surface area contributed by atoms with Gasteiger partial charge in [0.05, 0.1) is 6.54 Å². The van der Waals surface area contributed by atoms with Crippen molar-refractivity contribution in [2.45, 2.75) is 25.8 Å². The maximum atomic E-state index is 13.6. The molecule has 0 atom stereocenters. The number of carbonyl (C=O) groups is 2. The Kier molecular flexibility index (Phi) is 4.61. The molecule has 0 spiro atoms. The van der Waals surface area contributed by atoms with Crippen LogP contribution in [0.1, 0.15) is 28.8 Å². The van der Waals surface area contributed by atoms with Crippen molar-refractivity contribution in [3.05, 3.63) is 35.1 Å². The molecule has 1 aromatic rings. The van der Waals surface area contributed by atoms with E-state index in [1.165, 1.54) is 6.07 Å². The summed E-state index contributed by atoms with van der Waals surface area (Å²) in [6, 6.07) is 4.96. The van der Waals surface area contributed by atoms with Gasteiger partial charge in [0.1, 0.15) is 5.82 Å². The predicted octanol–water partition coefficient (Wildman–Crippen LogP) is 1.17. The number of piperazine rings is 1. The third-order valence-corrected chi connectivity index (χ3v) is 4.39. The molecule has 23 heavy (non-hydrogen) atoms. The molecule has 1 aliphatic heterocycles. The number of hydrogen-bond acceptors (Lipinski definition) is 3. The molecule has 1 saturated heterocycles. The molecule has 0 radical (unpaired) electrons. The summed E-state index contributed by atoms with van der Waals surface area (Å²) < 4.78 is 13.6. The highest BCUT2D eigenvalue weighted by Gasteiger charge is 2.26. The second kappa shape index (κ2) is 6.66. The van der Waals surface area contributed by atoms with Crippen LogP contribution >= 0.6 is 0 Å². The lowest BCUT2D eigenvalue weighted by Crippen LogP contribution is -2.51. The molecular weight excluding hydrogens is 297 g/mol. The van der Waals surface area contributed by atoms with Gasteiger partial charge in [-0.25, -0.2) is 4.39 Å². The molecule has 3 rings (SSSR count). The van der Waals surface area contributed by atoms with Crippen LogP contribution in [-0.4, -0.2) is 60.4 Å². The zero-order valence-corrected chi connectivity index (χ0v) is 13.3. The van der Waals surface area contributed by atoms with E-state index < -0.39 is 0 Å². The molecule has 2 amide bonds. The van der Waals surface area contributed by atoms with E-state index in [0.29, 0.717) is 49.9 Å². The summed E-state index contributed by atoms with van der Waals surface area (Å²) in [7, 11) is 0. The van der Waals surface area contributed by atoms with E-state index in [0.717, 1.165) is 12.8 Å². The highest BCUT2D eigenvalue weighted by Crippen LogP contribution is 2.18. The fraction of sp³-hybridized carbons (Fsp3) is 0.529. The van der Waals surface area contributed by atoms with E-state index in [1.54, 1.807) is 24.0 Å². The molecule has 2 aliphatic rings. The van der Waals surface area contributed by atoms with Crippen molar-refractivity contribution in [1.29, 1.82) is 0 Å². The summed E-state index contributed by atoms with van der Waals surface area (Å²) in [5.74, 6) is -0.440. The van der Waals surface area contributed by atoms with Crippen LogP contribution < -0.4 is 5.32 Å². The number of rotatable bonds is 4. The summed E-state index contributed by atoms with van der Waals surface area (Å²) >= 11 is 0. The van der Waals surface area contributed by atoms with Gasteiger partial charge in [-0.3, -0.25) is 14.5 Å². The Morgan fingerprint density at radius 1 is 1.22 bits per heavy atom. The van der Waals surface area contributed by atoms with Gasteiger partial charge in [-0.2, -0.15) is 0 Å². The maximum absolute atomic E-state index is 13.6. The third kappa shape index (κ3) is 4.07. The molecule has 0 bridgehead atoms. The molecular formula is C17H22FN3O2. The van der Waals surface area contributed by atoms with Crippen molar-refractivity contribution in [3.8, 4) is 0 Å². The van der Waals surface area contributed by atoms with Crippen LogP contribution in [0.4, 0.5) is 4.39 Å². The van der Waals surface area contributed by atoms with Crippen molar-refractivity contribution in [2.75, 3.05) is 32.7 Å². The van der Waals surface area contributed by atoms with Crippen LogP contribution in [-0.2, 0) is 4.79 Å². The minimum atomic E-state index is -0.355. The van der Waals surface area contributed by atoms with Gasteiger partial charge in [0.25, 0.3) is 5.91 Å². The Morgan fingerprint density at radius 3 is 2.52 bits per heavy atom. The van der Waals surface area contributed by atoms with E-state index in [4.69, 9.17) is 0 Å². The summed E-state index contributed by atoms with van der Waals surface area (Å²) in [6.07, 6.45) is 2.17. The summed E-state index contributed by atoms with van der Waals surface area (Å²) in [6.45, 7) is 4.51. The number of amides is 2. The zero-order valence-electron chi connectivity index (χ0n) is 13.3. The van der Waals surface area contributed by atoms with Crippen LogP contribution in [0.5, 0.6) is 0 Å². The maximum Gasteiger partial charge on any atom is 0.254 e. The largest absolute Gasteiger partial charge is 0.352 e. The standard InChI is InChI=1S/C17H22FN3O2/c1-12-2-3-13(10-15(12)18)17(23)21-8-6-20(7-9-21)11-16(22)19-14-4-5-14/h2-3,10,14H,4-9,11H2,1H3,(H,19,22).